The van der Waals surface area contributed by atoms with Crippen LogP contribution in [0.5, 0.6) is 0 Å². The lowest BCUT2D eigenvalue weighted by Gasteiger charge is -2.56. The van der Waals surface area contributed by atoms with Crippen LogP contribution in [0.4, 0.5) is 4.79 Å². The Labute approximate surface area is 270 Å². The summed E-state index contributed by atoms with van der Waals surface area (Å²) >= 11 is 0. The van der Waals surface area contributed by atoms with Gasteiger partial charge in [-0.2, -0.15) is 0 Å². The molecule has 0 unspecified atom stereocenters. The second kappa shape index (κ2) is 12.1. The summed E-state index contributed by atoms with van der Waals surface area (Å²) in [4.78, 5) is 17.6. The number of aliphatic hydroxyl groups is 1. The van der Waals surface area contributed by atoms with Gasteiger partial charge < -0.3 is 29.8 Å². The number of nitrogens with zero attached hydrogens (tertiary/aromatic N) is 2. The Morgan fingerprint density at radius 1 is 0.891 bits per heavy atom. The van der Waals surface area contributed by atoms with Gasteiger partial charge in [0.1, 0.15) is 0 Å². The summed E-state index contributed by atoms with van der Waals surface area (Å²) in [5, 5.41) is 16.1. The highest BCUT2D eigenvalue weighted by molar-refractivity contribution is 5.75. The minimum atomic E-state index is -0.556. The standard InChI is InChI=1S/C38H44N4O4/c1-24-34(21-42-23-40-32-4-2-3-5-33(32)42)45-36(46-35(24)30-10-8-26(22-43)9-11-30)31-12-6-25(7-13-31)20-39-37(44)41-38-17-27-14-28(18-38)16-29(15-27)19-38/h2-13,23-24,27-29,34-36,43H,14-22H2,1H3,(H2,39,41,44)/t24-,27?,28?,29?,34+,35+,36+,38?/m0/s1. The molecule has 46 heavy (non-hydrogen) atoms. The number of benzene rings is 3. The molecular formula is C38H44N4O4. The monoisotopic (exact) mass is 620 g/mol. The van der Waals surface area contributed by atoms with Crippen molar-refractivity contribution >= 4 is 17.1 Å². The summed E-state index contributed by atoms with van der Waals surface area (Å²) in [5.41, 5.74) is 5.95. The molecule has 3 N–H and O–H groups in total. The molecule has 4 atom stereocenters. The molecule has 8 heteroatoms. The van der Waals surface area contributed by atoms with Gasteiger partial charge in [-0.3, -0.25) is 0 Å². The Balaban J connectivity index is 0.961. The highest BCUT2D eigenvalue weighted by Gasteiger charge is 2.51. The molecule has 3 aromatic carbocycles. The van der Waals surface area contributed by atoms with Crippen LogP contribution in [0.1, 0.15) is 80.1 Å². The summed E-state index contributed by atoms with van der Waals surface area (Å²) in [6.45, 7) is 3.30. The zero-order valence-electron chi connectivity index (χ0n) is 26.5. The van der Waals surface area contributed by atoms with Gasteiger partial charge in [0.2, 0.25) is 0 Å². The lowest BCUT2D eigenvalue weighted by molar-refractivity contribution is -0.276. The van der Waals surface area contributed by atoms with Gasteiger partial charge in [-0.05, 0) is 85.1 Å². The van der Waals surface area contributed by atoms with Gasteiger partial charge in [-0.1, -0.05) is 67.6 Å². The fourth-order valence-electron chi connectivity index (χ4n) is 9.20. The van der Waals surface area contributed by atoms with Crippen LogP contribution < -0.4 is 10.6 Å². The van der Waals surface area contributed by atoms with E-state index in [0.717, 1.165) is 70.3 Å². The molecule has 240 valence electrons. The molecule has 5 aliphatic rings. The largest absolute Gasteiger partial charge is 0.392 e. The molecule has 0 spiro atoms. The molecular weight excluding hydrogens is 576 g/mol. The maximum absolute atomic E-state index is 13.0. The van der Waals surface area contributed by atoms with Crippen molar-refractivity contribution in [2.45, 2.75) is 89.2 Å². The van der Waals surface area contributed by atoms with Crippen LogP contribution in [0.15, 0.2) is 79.1 Å². The van der Waals surface area contributed by atoms with Crippen molar-refractivity contribution in [3.8, 4) is 0 Å². The predicted octanol–water partition coefficient (Wildman–Crippen LogP) is 6.79. The highest BCUT2D eigenvalue weighted by atomic mass is 16.7. The van der Waals surface area contributed by atoms with Crippen LogP contribution >= 0.6 is 0 Å². The van der Waals surface area contributed by atoms with Crippen molar-refractivity contribution in [2.24, 2.45) is 23.7 Å². The first-order chi connectivity index (χ1) is 22.4. The van der Waals surface area contributed by atoms with Crippen molar-refractivity contribution < 1.29 is 19.4 Å². The number of aromatic nitrogens is 2. The van der Waals surface area contributed by atoms with Crippen molar-refractivity contribution in [1.82, 2.24) is 20.2 Å². The first-order valence-electron chi connectivity index (χ1n) is 17.0. The number of hydrogen-bond donors (Lipinski definition) is 3. The number of imidazole rings is 1. The van der Waals surface area contributed by atoms with E-state index in [4.69, 9.17) is 9.47 Å². The molecule has 1 aliphatic heterocycles. The van der Waals surface area contributed by atoms with Gasteiger partial charge in [0.25, 0.3) is 0 Å². The van der Waals surface area contributed by atoms with Gasteiger partial charge in [0.15, 0.2) is 6.29 Å². The zero-order valence-corrected chi connectivity index (χ0v) is 26.5. The molecule has 5 fully saturated rings. The maximum atomic E-state index is 13.0. The van der Waals surface area contributed by atoms with Crippen LogP contribution in [0.3, 0.4) is 0 Å². The first-order valence-corrected chi connectivity index (χ1v) is 17.0. The Morgan fingerprint density at radius 2 is 1.54 bits per heavy atom. The van der Waals surface area contributed by atoms with Crippen molar-refractivity contribution in [2.75, 3.05) is 0 Å². The lowest BCUT2D eigenvalue weighted by atomic mass is 9.53. The molecule has 1 saturated heterocycles. The Morgan fingerprint density at radius 3 is 2.24 bits per heavy atom. The lowest BCUT2D eigenvalue weighted by Crippen LogP contribution is -2.61. The van der Waals surface area contributed by atoms with Crippen molar-refractivity contribution in [3.63, 3.8) is 0 Å². The summed E-state index contributed by atoms with van der Waals surface area (Å²) in [6, 6.07) is 24.3. The number of fused-ring (bicyclic) bond motifs is 1. The fourth-order valence-corrected chi connectivity index (χ4v) is 9.20. The number of rotatable bonds is 8. The van der Waals surface area contributed by atoms with E-state index in [0.29, 0.717) is 13.1 Å². The normalized spacial score (nSPS) is 31.7. The van der Waals surface area contributed by atoms with Gasteiger partial charge in [0.05, 0.1) is 42.7 Å². The number of nitrogens with one attached hydrogen (secondary N) is 2. The molecule has 4 aromatic rings. The van der Waals surface area contributed by atoms with Crippen molar-refractivity contribution in [3.05, 3.63) is 101 Å². The summed E-state index contributed by atoms with van der Waals surface area (Å²) < 4.78 is 15.5. The van der Waals surface area contributed by atoms with Gasteiger partial charge in [-0.15, -0.1) is 0 Å². The number of hydrogen-bond acceptors (Lipinski definition) is 5. The zero-order chi connectivity index (χ0) is 31.3. The Bertz CT molecular complexity index is 1650. The SMILES string of the molecule is C[C@H]1[C@@H](Cn2cnc3ccccc32)O[C@@H](c2ccc(CNC(=O)NC34CC5CC(CC(C5)C3)C4)cc2)O[C@H]1c1ccc(CO)cc1. The number of ether oxygens (including phenoxy) is 2. The minimum Gasteiger partial charge on any atom is -0.392 e. The number of urea groups is 1. The van der Waals surface area contributed by atoms with Gasteiger partial charge >= 0.3 is 6.03 Å². The average Bonchev–Trinajstić information content (AvgIpc) is 3.47. The van der Waals surface area contributed by atoms with Crippen molar-refractivity contribution in [1.29, 1.82) is 0 Å². The van der Waals surface area contributed by atoms with E-state index >= 15 is 0 Å². The van der Waals surface area contributed by atoms with E-state index in [2.05, 4.69) is 45.3 Å². The number of carbonyl (C=O) groups excluding carboxylic acids is 1. The molecule has 2 amide bonds. The minimum absolute atomic E-state index is 0.00395. The van der Waals surface area contributed by atoms with Crippen LogP contribution in [0.25, 0.3) is 11.0 Å². The molecule has 1 aromatic heterocycles. The van der Waals surface area contributed by atoms with Gasteiger partial charge in [-0.25, -0.2) is 9.78 Å². The van der Waals surface area contributed by atoms with Crippen LogP contribution in [0.2, 0.25) is 0 Å². The van der Waals surface area contributed by atoms with E-state index in [1.165, 1.54) is 19.3 Å². The fraction of sp³-hybridized carbons (Fsp3) is 0.474. The van der Waals surface area contributed by atoms with E-state index in [1.807, 2.05) is 60.9 Å². The Kier molecular flexibility index (Phi) is 7.83. The highest BCUT2D eigenvalue weighted by Crippen LogP contribution is 2.55. The number of carbonyl (C=O) groups is 1. The third-order valence-corrected chi connectivity index (χ3v) is 11.1. The van der Waals surface area contributed by atoms with E-state index in [9.17, 15) is 9.90 Å². The first kappa shape index (κ1) is 29.7. The van der Waals surface area contributed by atoms with Crippen LogP contribution in [0, 0.1) is 23.7 Å². The quantitative estimate of drug-likeness (QED) is 0.202. The topological polar surface area (TPSA) is 97.6 Å². The van der Waals surface area contributed by atoms with Gasteiger partial charge in [0, 0.05) is 23.6 Å². The third-order valence-electron chi connectivity index (χ3n) is 11.1. The average molecular weight is 621 g/mol. The summed E-state index contributed by atoms with van der Waals surface area (Å²) in [7, 11) is 0. The number of para-hydroxylation sites is 2. The number of aliphatic hydroxyl groups excluding tert-OH is 1. The smallest absolute Gasteiger partial charge is 0.315 e. The second-order valence-electron chi connectivity index (χ2n) is 14.5. The molecule has 4 aliphatic carbocycles. The molecule has 8 nitrogen and oxygen atoms in total. The third kappa shape index (κ3) is 5.83. The number of amides is 2. The van der Waals surface area contributed by atoms with Crippen LogP contribution in [-0.4, -0.2) is 32.3 Å². The van der Waals surface area contributed by atoms with E-state index < -0.39 is 6.29 Å². The van der Waals surface area contributed by atoms with E-state index in [-0.39, 0.29) is 36.3 Å². The summed E-state index contributed by atoms with van der Waals surface area (Å²) in [6.07, 6.45) is 8.52. The summed E-state index contributed by atoms with van der Waals surface area (Å²) in [5.74, 6) is 2.45. The molecule has 0 radical (unpaired) electrons. The van der Waals surface area contributed by atoms with Crippen LogP contribution in [-0.2, 0) is 29.2 Å². The molecule has 4 saturated carbocycles. The Hall–Kier alpha value is -3.72. The van der Waals surface area contributed by atoms with E-state index in [1.54, 1.807) is 0 Å². The predicted molar refractivity (Wildman–Crippen MR) is 175 cm³/mol. The maximum Gasteiger partial charge on any atom is 0.315 e. The molecule has 9 rings (SSSR count). The molecule has 4 bridgehead atoms. The molecule has 2 heterocycles. The second-order valence-corrected chi connectivity index (χ2v) is 14.5.